The molecule has 1 amide bonds. The van der Waals surface area contributed by atoms with Gasteiger partial charge in [-0.05, 0) is 41.4 Å². The minimum Gasteiger partial charge on any atom is -0.495 e. The highest BCUT2D eigenvalue weighted by Gasteiger charge is 2.19. The second-order valence-electron chi connectivity index (χ2n) is 3.59. The predicted octanol–water partition coefficient (Wildman–Crippen LogP) is 3.75. The Balaban J connectivity index is 3.27. The molecule has 0 bridgehead atoms. The second kappa shape index (κ2) is 5.60. The van der Waals surface area contributed by atoms with Gasteiger partial charge in [0.2, 0.25) is 0 Å². The van der Waals surface area contributed by atoms with Crippen LogP contribution in [-0.4, -0.2) is 18.3 Å². The molecule has 2 N–H and O–H groups in total. The number of ether oxygens (including phenoxy) is 1. The van der Waals surface area contributed by atoms with E-state index in [1.165, 1.54) is 7.11 Å². The smallest absolute Gasteiger partial charge is 0.405 e. The van der Waals surface area contributed by atoms with Crippen molar-refractivity contribution < 1.29 is 14.6 Å². The average Bonchev–Trinajstić information content (AvgIpc) is 2.24. The van der Waals surface area contributed by atoms with Gasteiger partial charge < -0.3 is 15.2 Å². The van der Waals surface area contributed by atoms with Crippen molar-refractivity contribution in [3.05, 3.63) is 26.7 Å². The van der Waals surface area contributed by atoms with E-state index in [4.69, 9.17) is 21.4 Å². The third-order valence-electron chi connectivity index (χ3n) is 2.44. The van der Waals surface area contributed by atoms with E-state index in [0.717, 1.165) is 10.0 Å². The summed E-state index contributed by atoms with van der Waals surface area (Å²) in [6.45, 7) is 3.58. The van der Waals surface area contributed by atoms with Crippen molar-refractivity contribution in [3.63, 3.8) is 0 Å². The third-order valence-corrected chi connectivity index (χ3v) is 3.79. The van der Waals surface area contributed by atoms with Crippen molar-refractivity contribution in [1.29, 1.82) is 0 Å². The highest BCUT2D eigenvalue weighted by molar-refractivity contribution is 9.10. The molecule has 0 saturated heterocycles. The quantitative estimate of drug-likeness (QED) is 0.891. The molecule has 0 aliphatic carbocycles. The SMILES string of the molecule is COc1c(C(C)NC(=O)O)cc(Cl)c(C)c1Br. The van der Waals surface area contributed by atoms with E-state index in [1.807, 2.05) is 6.92 Å². The molecule has 1 atom stereocenters. The van der Waals surface area contributed by atoms with Gasteiger partial charge in [-0.1, -0.05) is 11.6 Å². The van der Waals surface area contributed by atoms with Crippen LogP contribution < -0.4 is 10.1 Å². The van der Waals surface area contributed by atoms with Crippen LogP contribution in [0.1, 0.15) is 24.1 Å². The Labute approximate surface area is 113 Å². The van der Waals surface area contributed by atoms with E-state index in [1.54, 1.807) is 13.0 Å². The Morgan fingerprint density at radius 2 is 2.24 bits per heavy atom. The van der Waals surface area contributed by atoms with E-state index < -0.39 is 12.1 Å². The van der Waals surface area contributed by atoms with Crippen LogP contribution in [-0.2, 0) is 0 Å². The Morgan fingerprint density at radius 3 is 2.71 bits per heavy atom. The molecule has 0 fully saturated rings. The van der Waals surface area contributed by atoms with Gasteiger partial charge in [0.25, 0.3) is 0 Å². The Kier molecular flexibility index (Phi) is 4.65. The summed E-state index contributed by atoms with van der Waals surface area (Å²) < 4.78 is 6.01. The number of amides is 1. The molecular formula is C11H13BrClNO3. The zero-order valence-corrected chi connectivity index (χ0v) is 12.0. The lowest BCUT2D eigenvalue weighted by Gasteiger charge is -2.18. The number of hydrogen-bond acceptors (Lipinski definition) is 2. The number of carboxylic acid groups (broad SMARTS) is 1. The molecule has 6 heteroatoms. The van der Waals surface area contributed by atoms with E-state index in [-0.39, 0.29) is 0 Å². The Hall–Kier alpha value is -0.940. The molecule has 0 spiro atoms. The average molecular weight is 323 g/mol. The molecule has 1 unspecified atom stereocenters. The van der Waals surface area contributed by atoms with Gasteiger partial charge in [0.05, 0.1) is 17.6 Å². The van der Waals surface area contributed by atoms with Crippen LogP contribution in [0, 0.1) is 6.92 Å². The number of benzene rings is 1. The summed E-state index contributed by atoms with van der Waals surface area (Å²) in [5.74, 6) is 0.591. The van der Waals surface area contributed by atoms with Gasteiger partial charge in [-0.3, -0.25) is 0 Å². The van der Waals surface area contributed by atoms with E-state index in [0.29, 0.717) is 16.3 Å². The summed E-state index contributed by atoms with van der Waals surface area (Å²) >= 11 is 9.46. The predicted molar refractivity (Wildman–Crippen MR) is 70.0 cm³/mol. The fourth-order valence-corrected chi connectivity index (χ4v) is 2.43. The number of carbonyl (C=O) groups is 1. The van der Waals surface area contributed by atoms with Crippen molar-refractivity contribution in [3.8, 4) is 5.75 Å². The Bertz CT molecular complexity index is 451. The molecule has 0 radical (unpaired) electrons. The van der Waals surface area contributed by atoms with Crippen LogP contribution in [0.15, 0.2) is 10.5 Å². The van der Waals surface area contributed by atoms with Gasteiger partial charge in [0.1, 0.15) is 5.75 Å². The monoisotopic (exact) mass is 321 g/mol. The number of nitrogens with one attached hydrogen (secondary N) is 1. The van der Waals surface area contributed by atoms with Crippen LogP contribution in [0.5, 0.6) is 5.75 Å². The number of methoxy groups -OCH3 is 1. The van der Waals surface area contributed by atoms with Crippen LogP contribution in [0.2, 0.25) is 5.02 Å². The maximum absolute atomic E-state index is 10.6. The van der Waals surface area contributed by atoms with Crippen molar-refractivity contribution in [2.75, 3.05) is 7.11 Å². The van der Waals surface area contributed by atoms with E-state index >= 15 is 0 Å². The van der Waals surface area contributed by atoms with Gasteiger partial charge in [-0.2, -0.15) is 0 Å². The summed E-state index contributed by atoms with van der Waals surface area (Å²) in [7, 11) is 1.53. The molecule has 0 aliphatic rings. The summed E-state index contributed by atoms with van der Waals surface area (Å²) in [5, 5.41) is 11.6. The standard InChI is InChI=1S/C11H13BrClNO3/c1-5-8(13)4-7(6(2)14-11(15)16)10(17-3)9(5)12/h4,6,14H,1-3H3,(H,15,16). The normalized spacial score (nSPS) is 12.1. The Morgan fingerprint density at radius 1 is 1.65 bits per heavy atom. The van der Waals surface area contributed by atoms with Gasteiger partial charge >= 0.3 is 6.09 Å². The first-order valence-corrected chi connectivity index (χ1v) is 6.07. The first kappa shape index (κ1) is 14.1. The summed E-state index contributed by atoms with van der Waals surface area (Å²) in [4.78, 5) is 10.6. The molecule has 94 valence electrons. The van der Waals surface area contributed by atoms with Crippen LogP contribution in [0.4, 0.5) is 4.79 Å². The molecule has 0 aliphatic heterocycles. The molecule has 1 aromatic rings. The largest absolute Gasteiger partial charge is 0.495 e. The highest BCUT2D eigenvalue weighted by Crippen LogP contribution is 2.39. The zero-order valence-electron chi connectivity index (χ0n) is 9.67. The fraction of sp³-hybridized carbons (Fsp3) is 0.364. The minimum absolute atomic E-state index is 0.406. The lowest BCUT2D eigenvalue weighted by atomic mass is 10.0. The van der Waals surface area contributed by atoms with Crippen molar-refractivity contribution in [2.45, 2.75) is 19.9 Å². The molecule has 0 aromatic heterocycles. The van der Waals surface area contributed by atoms with Gasteiger partial charge in [-0.15, -0.1) is 0 Å². The van der Waals surface area contributed by atoms with Crippen LogP contribution in [0.25, 0.3) is 0 Å². The lowest BCUT2D eigenvalue weighted by molar-refractivity contribution is 0.190. The zero-order chi connectivity index (χ0) is 13.2. The van der Waals surface area contributed by atoms with Crippen LogP contribution >= 0.6 is 27.5 Å². The number of rotatable bonds is 3. The molecule has 0 saturated carbocycles. The summed E-state index contributed by atoms with van der Waals surface area (Å²) in [5.41, 5.74) is 1.55. The molecule has 4 nitrogen and oxygen atoms in total. The van der Waals surface area contributed by atoms with Crippen molar-refractivity contribution in [1.82, 2.24) is 5.32 Å². The van der Waals surface area contributed by atoms with Crippen LogP contribution in [0.3, 0.4) is 0 Å². The van der Waals surface area contributed by atoms with Crippen molar-refractivity contribution in [2.24, 2.45) is 0 Å². The molecule has 1 rings (SSSR count). The van der Waals surface area contributed by atoms with Gasteiger partial charge in [0, 0.05) is 10.6 Å². The summed E-state index contributed by atoms with van der Waals surface area (Å²) in [6, 6.07) is 1.30. The summed E-state index contributed by atoms with van der Waals surface area (Å²) in [6.07, 6.45) is -1.09. The number of halogens is 2. The molecule has 17 heavy (non-hydrogen) atoms. The van der Waals surface area contributed by atoms with Gasteiger partial charge in [0.15, 0.2) is 0 Å². The number of hydrogen-bond donors (Lipinski definition) is 2. The van der Waals surface area contributed by atoms with Gasteiger partial charge in [-0.25, -0.2) is 4.79 Å². The third kappa shape index (κ3) is 3.04. The molecule has 1 aromatic carbocycles. The first-order valence-electron chi connectivity index (χ1n) is 4.90. The van der Waals surface area contributed by atoms with Crippen molar-refractivity contribution >= 4 is 33.6 Å². The minimum atomic E-state index is -1.09. The lowest BCUT2D eigenvalue weighted by Crippen LogP contribution is -2.25. The maximum atomic E-state index is 10.6. The second-order valence-corrected chi connectivity index (χ2v) is 4.79. The maximum Gasteiger partial charge on any atom is 0.405 e. The molecular weight excluding hydrogens is 309 g/mol. The molecule has 0 heterocycles. The highest BCUT2D eigenvalue weighted by atomic mass is 79.9. The fourth-order valence-electron chi connectivity index (χ4n) is 1.50. The first-order chi connectivity index (χ1) is 7.88. The van der Waals surface area contributed by atoms with E-state index in [2.05, 4.69) is 21.2 Å². The topological polar surface area (TPSA) is 58.6 Å². The van der Waals surface area contributed by atoms with E-state index in [9.17, 15) is 4.79 Å².